The predicted octanol–water partition coefficient (Wildman–Crippen LogP) is 2.92. The van der Waals surface area contributed by atoms with Gasteiger partial charge < -0.3 is 4.74 Å². The number of ether oxygens (including phenoxy) is 1. The van der Waals surface area contributed by atoms with E-state index in [9.17, 15) is 0 Å². The fraction of sp³-hybridized carbons (Fsp3) is 0.500. The molecule has 1 fully saturated rings. The van der Waals surface area contributed by atoms with Gasteiger partial charge in [0.2, 0.25) is 0 Å². The fourth-order valence-electron chi connectivity index (χ4n) is 2.34. The first kappa shape index (κ1) is 11.2. The van der Waals surface area contributed by atoms with E-state index in [4.69, 9.17) is 10.00 Å². The molecule has 0 N–H and O–H groups in total. The van der Waals surface area contributed by atoms with Crippen LogP contribution in [0.15, 0.2) is 24.3 Å². The summed E-state index contributed by atoms with van der Waals surface area (Å²) in [6.45, 7) is 5.14. The Kier molecular flexibility index (Phi) is 2.98. The van der Waals surface area contributed by atoms with E-state index in [-0.39, 0.29) is 5.60 Å². The monoisotopic (exact) mass is 215 g/mol. The normalized spacial score (nSPS) is 22.9. The van der Waals surface area contributed by atoms with Crippen LogP contribution in [0.4, 0.5) is 0 Å². The van der Waals surface area contributed by atoms with Crippen LogP contribution in [0.25, 0.3) is 0 Å². The summed E-state index contributed by atoms with van der Waals surface area (Å²) in [5.41, 5.74) is 2.06. The number of benzene rings is 1. The molecule has 1 aromatic rings. The van der Waals surface area contributed by atoms with Crippen LogP contribution in [0.1, 0.15) is 31.4 Å². The maximum Gasteiger partial charge on any atom is 0.0991 e. The van der Waals surface area contributed by atoms with Crippen molar-refractivity contribution < 1.29 is 4.74 Å². The Morgan fingerprint density at radius 2 is 2.06 bits per heavy atom. The lowest BCUT2D eigenvalue weighted by atomic mass is 9.92. The Morgan fingerprint density at radius 1 is 1.38 bits per heavy atom. The summed E-state index contributed by atoms with van der Waals surface area (Å²) in [5.74, 6) is 0.614. The van der Waals surface area contributed by atoms with Crippen molar-refractivity contribution >= 4 is 0 Å². The molecule has 1 aromatic carbocycles. The SMILES string of the molecule is CC1(C)C[C@@H](Cc2ccc(C#N)cc2)CO1. The molecule has 1 heterocycles. The van der Waals surface area contributed by atoms with Crippen LogP contribution in [0.3, 0.4) is 0 Å². The molecular formula is C14H17NO. The standard InChI is InChI=1S/C14H17NO/c1-14(2)8-13(10-16-14)7-11-3-5-12(9-15)6-4-11/h3-6,13H,7-8,10H2,1-2H3/t13-/m1/s1. The summed E-state index contributed by atoms with van der Waals surface area (Å²) in [6, 6.07) is 10.00. The van der Waals surface area contributed by atoms with Gasteiger partial charge in [-0.15, -0.1) is 0 Å². The first-order valence-corrected chi connectivity index (χ1v) is 5.72. The van der Waals surface area contributed by atoms with Gasteiger partial charge in [-0.1, -0.05) is 12.1 Å². The molecule has 1 atom stereocenters. The van der Waals surface area contributed by atoms with Gasteiger partial charge in [0.25, 0.3) is 0 Å². The van der Waals surface area contributed by atoms with Crippen molar-refractivity contribution in [2.45, 2.75) is 32.3 Å². The largest absolute Gasteiger partial charge is 0.375 e. The minimum absolute atomic E-state index is 0.0389. The summed E-state index contributed by atoms with van der Waals surface area (Å²) in [4.78, 5) is 0. The second-order valence-electron chi connectivity index (χ2n) is 5.15. The first-order chi connectivity index (χ1) is 7.59. The van der Waals surface area contributed by atoms with Crippen LogP contribution in [-0.2, 0) is 11.2 Å². The van der Waals surface area contributed by atoms with E-state index in [1.165, 1.54) is 5.56 Å². The van der Waals surface area contributed by atoms with Gasteiger partial charge in [-0.3, -0.25) is 0 Å². The molecule has 0 unspecified atom stereocenters. The van der Waals surface area contributed by atoms with Crippen molar-refractivity contribution in [2.24, 2.45) is 5.92 Å². The minimum atomic E-state index is 0.0389. The zero-order valence-corrected chi connectivity index (χ0v) is 9.86. The van der Waals surface area contributed by atoms with Crippen molar-refractivity contribution in [1.82, 2.24) is 0 Å². The number of rotatable bonds is 2. The topological polar surface area (TPSA) is 33.0 Å². The fourth-order valence-corrected chi connectivity index (χ4v) is 2.34. The van der Waals surface area contributed by atoms with Crippen molar-refractivity contribution in [3.8, 4) is 6.07 Å². The third-order valence-corrected chi connectivity index (χ3v) is 3.10. The molecule has 2 rings (SSSR count). The van der Waals surface area contributed by atoms with Crippen LogP contribution >= 0.6 is 0 Å². The third-order valence-electron chi connectivity index (χ3n) is 3.10. The van der Waals surface area contributed by atoms with Crippen LogP contribution in [0, 0.1) is 17.2 Å². The summed E-state index contributed by atoms with van der Waals surface area (Å²) in [7, 11) is 0. The van der Waals surface area contributed by atoms with Crippen molar-refractivity contribution in [2.75, 3.05) is 6.61 Å². The number of nitrogens with zero attached hydrogens (tertiary/aromatic N) is 1. The molecule has 1 aliphatic rings. The van der Waals surface area contributed by atoms with Gasteiger partial charge >= 0.3 is 0 Å². The van der Waals surface area contributed by atoms with Crippen molar-refractivity contribution in [3.63, 3.8) is 0 Å². The van der Waals surface area contributed by atoms with E-state index in [2.05, 4.69) is 19.9 Å². The van der Waals surface area contributed by atoms with Crippen LogP contribution in [0.2, 0.25) is 0 Å². The van der Waals surface area contributed by atoms with Crippen LogP contribution < -0.4 is 0 Å². The Balaban J connectivity index is 1.97. The van der Waals surface area contributed by atoms with E-state index in [1.807, 2.05) is 24.3 Å². The highest BCUT2D eigenvalue weighted by atomic mass is 16.5. The van der Waals surface area contributed by atoms with E-state index in [1.54, 1.807) is 0 Å². The maximum atomic E-state index is 8.71. The van der Waals surface area contributed by atoms with E-state index < -0.39 is 0 Å². The lowest BCUT2D eigenvalue weighted by molar-refractivity contribution is 0.0350. The van der Waals surface area contributed by atoms with Gasteiger partial charge in [0.1, 0.15) is 0 Å². The van der Waals surface area contributed by atoms with Gasteiger partial charge in [-0.2, -0.15) is 5.26 Å². The summed E-state index contributed by atoms with van der Waals surface area (Å²) in [5, 5.41) is 8.71. The molecule has 1 aliphatic heterocycles. The highest BCUT2D eigenvalue weighted by molar-refractivity contribution is 5.31. The van der Waals surface area contributed by atoms with Crippen molar-refractivity contribution in [1.29, 1.82) is 5.26 Å². The van der Waals surface area contributed by atoms with Gasteiger partial charge in [0.15, 0.2) is 0 Å². The molecule has 0 aromatic heterocycles. The number of hydrogen-bond acceptors (Lipinski definition) is 2. The molecule has 0 radical (unpaired) electrons. The zero-order valence-electron chi connectivity index (χ0n) is 9.86. The van der Waals surface area contributed by atoms with E-state index >= 15 is 0 Å². The number of nitriles is 1. The Hall–Kier alpha value is -1.33. The Morgan fingerprint density at radius 3 is 2.56 bits per heavy atom. The number of hydrogen-bond donors (Lipinski definition) is 0. The molecule has 2 heteroatoms. The van der Waals surface area contributed by atoms with Gasteiger partial charge in [0, 0.05) is 0 Å². The average molecular weight is 215 g/mol. The molecule has 0 aliphatic carbocycles. The van der Waals surface area contributed by atoms with Crippen LogP contribution in [-0.4, -0.2) is 12.2 Å². The lowest BCUT2D eigenvalue weighted by Crippen LogP contribution is -2.16. The first-order valence-electron chi connectivity index (χ1n) is 5.72. The van der Waals surface area contributed by atoms with Gasteiger partial charge in [0.05, 0.1) is 23.8 Å². The lowest BCUT2D eigenvalue weighted by Gasteiger charge is -2.15. The minimum Gasteiger partial charge on any atom is -0.375 e. The Labute approximate surface area is 96.9 Å². The molecule has 84 valence electrons. The molecule has 16 heavy (non-hydrogen) atoms. The molecule has 0 amide bonds. The maximum absolute atomic E-state index is 8.71. The molecule has 1 saturated heterocycles. The molecular weight excluding hydrogens is 198 g/mol. The molecule has 0 saturated carbocycles. The highest BCUT2D eigenvalue weighted by Crippen LogP contribution is 2.31. The zero-order chi connectivity index (χ0) is 11.6. The second-order valence-corrected chi connectivity index (χ2v) is 5.15. The second kappa shape index (κ2) is 4.27. The van der Waals surface area contributed by atoms with E-state index in [0.29, 0.717) is 5.92 Å². The Bertz CT molecular complexity index is 400. The molecule has 0 bridgehead atoms. The smallest absolute Gasteiger partial charge is 0.0991 e. The quantitative estimate of drug-likeness (QED) is 0.760. The van der Waals surface area contributed by atoms with Gasteiger partial charge in [-0.05, 0) is 50.3 Å². The third kappa shape index (κ3) is 2.62. The van der Waals surface area contributed by atoms with E-state index in [0.717, 1.165) is 25.0 Å². The average Bonchev–Trinajstić information content (AvgIpc) is 2.59. The summed E-state index contributed by atoms with van der Waals surface area (Å²) < 4.78 is 5.72. The van der Waals surface area contributed by atoms with Crippen LogP contribution in [0.5, 0.6) is 0 Å². The highest BCUT2D eigenvalue weighted by Gasteiger charge is 2.31. The molecule has 2 nitrogen and oxygen atoms in total. The van der Waals surface area contributed by atoms with Gasteiger partial charge in [-0.25, -0.2) is 0 Å². The van der Waals surface area contributed by atoms with Crippen molar-refractivity contribution in [3.05, 3.63) is 35.4 Å². The summed E-state index contributed by atoms with van der Waals surface area (Å²) in [6.07, 6.45) is 2.17. The predicted molar refractivity (Wildman–Crippen MR) is 63.0 cm³/mol. The molecule has 0 spiro atoms. The summed E-state index contributed by atoms with van der Waals surface area (Å²) >= 11 is 0.